The van der Waals surface area contributed by atoms with Crippen LogP contribution >= 0.6 is 23.2 Å². The van der Waals surface area contributed by atoms with Gasteiger partial charge in [0.05, 0.1) is 20.6 Å². The van der Waals surface area contributed by atoms with Gasteiger partial charge in [-0.25, -0.2) is 8.42 Å². The van der Waals surface area contributed by atoms with Gasteiger partial charge in [-0.3, -0.25) is 13.9 Å². The van der Waals surface area contributed by atoms with Crippen LogP contribution in [-0.2, 0) is 26.2 Å². The number of carbonyl (C=O) groups excluding carboxylic acids is 2. The molecular weight excluding hydrogens is 633 g/mol. The molecule has 0 aliphatic heterocycles. The number of ether oxygens (including phenoxy) is 1. The summed E-state index contributed by atoms with van der Waals surface area (Å²) in [6.07, 6.45) is 1.02. The third-order valence-corrected chi connectivity index (χ3v) is 9.51. The minimum atomic E-state index is -4.20. The summed E-state index contributed by atoms with van der Waals surface area (Å²) in [5.74, 6) is 0.226. The molecule has 0 saturated carbocycles. The van der Waals surface area contributed by atoms with Gasteiger partial charge in [0.1, 0.15) is 24.1 Å². The van der Waals surface area contributed by atoms with Gasteiger partial charge in [0.15, 0.2) is 0 Å². The molecule has 2 amide bonds. The number of carbonyl (C=O) groups is 2. The van der Waals surface area contributed by atoms with Crippen LogP contribution in [0.15, 0.2) is 108 Å². The fraction of sp³-hybridized carbons (Fsp3) is 0.235. The van der Waals surface area contributed by atoms with Crippen LogP contribution in [0.25, 0.3) is 0 Å². The standard InChI is InChI=1S/C34H35Cl2N3O5S/c1-3-21-37-34(41)32(4-2)38(23-25-15-20-30(35)31(36)22-25)33(40)24-39(45(42,43)29-13-9-6-10-14-29)26-16-18-28(19-17-26)44-27-11-7-5-8-12-27/h5-20,22,32H,3-4,21,23-24H2,1-2H3,(H,37,41)/t32-/m0/s1. The quantitative estimate of drug-likeness (QED) is 0.152. The van der Waals surface area contributed by atoms with Gasteiger partial charge in [0.2, 0.25) is 11.8 Å². The molecule has 0 radical (unpaired) electrons. The zero-order chi connectivity index (χ0) is 32.4. The fourth-order valence-electron chi connectivity index (χ4n) is 4.67. The van der Waals surface area contributed by atoms with Crippen molar-refractivity contribution in [1.29, 1.82) is 0 Å². The van der Waals surface area contributed by atoms with Crippen molar-refractivity contribution in [2.75, 3.05) is 17.4 Å². The average Bonchev–Trinajstić information content (AvgIpc) is 3.05. The molecule has 45 heavy (non-hydrogen) atoms. The zero-order valence-electron chi connectivity index (χ0n) is 25.0. The lowest BCUT2D eigenvalue weighted by molar-refractivity contribution is -0.140. The number of halogens is 2. The van der Waals surface area contributed by atoms with E-state index in [0.717, 1.165) is 10.7 Å². The highest BCUT2D eigenvalue weighted by Crippen LogP contribution is 2.29. The van der Waals surface area contributed by atoms with E-state index in [1.807, 2.05) is 37.3 Å². The molecule has 0 fully saturated rings. The molecule has 4 aromatic rings. The Bertz CT molecular complexity index is 1690. The Hall–Kier alpha value is -4.05. The molecule has 4 aromatic carbocycles. The molecule has 236 valence electrons. The largest absolute Gasteiger partial charge is 0.457 e. The summed E-state index contributed by atoms with van der Waals surface area (Å²) >= 11 is 12.4. The van der Waals surface area contributed by atoms with E-state index < -0.39 is 28.5 Å². The second-order valence-electron chi connectivity index (χ2n) is 10.2. The van der Waals surface area contributed by atoms with Gasteiger partial charge in [-0.15, -0.1) is 0 Å². The van der Waals surface area contributed by atoms with Crippen molar-refractivity contribution < 1.29 is 22.7 Å². The first kappa shape index (κ1) is 33.8. The van der Waals surface area contributed by atoms with Crippen molar-refractivity contribution in [2.24, 2.45) is 0 Å². The number of nitrogens with zero attached hydrogens (tertiary/aromatic N) is 2. The van der Waals surface area contributed by atoms with Crippen molar-refractivity contribution in [2.45, 2.75) is 44.2 Å². The minimum absolute atomic E-state index is 0.0108. The highest BCUT2D eigenvalue weighted by molar-refractivity contribution is 7.92. The van der Waals surface area contributed by atoms with Gasteiger partial charge < -0.3 is 15.0 Å². The van der Waals surface area contributed by atoms with E-state index in [-0.39, 0.29) is 23.0 Å². The number of hydrogen-bond donors (Lipinski definition) is 1. The predicted octanol–water partition coefficient (Wildman–Crippen LogP) is 7.31. The lowest BCUT2D eigenvalue weighted by atomic mass is 10.1. The van der Waals surface area contributed by atoms with E-state index in [4.69, 9.17) is 27.9 Å². The Morgan fingerprint density at radius 1 is 0.822 bits per heavy atom. The summed E-state index contributed by atoms with van der Waals surface area (Å²) < 4.78 is 35.0. The van der Waals surface area contributed by atoms with Crippen LogP contribution in [0.3, 0.4) is 0 Å². The normalized spacial score (nSPS) is 11.8. The van der Waals surface area contributed by atoms with Crippen LogP contribution in [0.1, 0.15) is 32.3 Å². The lowest BCUT2D eigenvalue weighted by Crippen LogP contribution is -2.52. The maximum atomic E-state index is 14.2. The molecular formula is C34H35Cl2N3O5S. The van der Waals surface area contributed by atoms with Crippen LogP contribution < -0.4 is 14.4 Å². The molecule has 0 aliphatic rings. The minimum Gasteiger partial charge on any atom is -0.457 e. The second kappa shape index (κ2) is 15.8. The Balaban J connectivity index is 1.71. The van der Waals surface area contributed by atoms with Crippen LogP contribution in [0.2, 0.25) is 10.0 Å². The summed E-state index contributed by atoms with van der Waals surface area (Å²) in [7, 11) is -4.20. The van der Waals surface area contributed by atoms with Crippen LogP contribution in [0.5, 0.6) is 11.5 Å². The average molecular weight is 669 g/mol. The number of hydrogen-bond acceptors (Lipinski definition) is 5. The predicted molar refractivity (Wildman–Crippen MR) is 178 cm³/mol. The Labute approximate surface area is 274 Å². The van der Waals surface area contributed by atoms with Crippen molar-refractivity contribution >= 4 is 50.7 Å². The summed E-state index contributed by atoms with van der Waals surface area (Å²) in [6, 6.07) is 27.6. The molecule has 0 bridgehead atoms. The molecule has 0 aliphatic carbocycles. The van der Waals surface area contributed by atoms with E-state index in [9.17, 15) is 18.0 Å². The van der Waals surface area contributed by atoms with Gasteiger partial charge in [-0.1, -0.05) is 79.5 Å². The first-order valence-corrected chi connectivity index (χ1v) is 16.8. The number of sulfonamides is 1. The molecule has 0 spiro atoms. The highest BCUT2D eigenvalue weighted by atomic mass is 35.5. The molecule has 0 aromatic heterocycles. The zero-order valence-corrected chi connectivity index (χ0v) is 27.4. The van der Waals surface area contributed by atoms with E-state index in [1.165, 1.54) is 17.0 Å². The number of para-hydroxylation sites is 1. The Kier molecular flexibility index (Phi) is 11.9. The van der Waals surface area contributed by atoms with Gasteiger partial charge in [0, 0.05) is 13.1 Å². The Morgan fingerprint density at radius 3 is 2.04 bits per heavy atom. The monoisotopic (exact) mass is 667 g/mol. The van der Waals surface area contributed by atoms with Crippen LogP contribution in [0, 0.1) is 0 Å². The van der Waals surface area contributed by atoms with Gasteiger partial charge in [0.25, 0.3) is 10.0 Å². The number of nitrogens with one attached hydrogen (secondary N) is 1. The van der Waals surface area contributed by atoms with E-state index in [0.29, 0.717) is 40.1 Å². The topological polar surface area (TPSA) is 96.0 Å². The first-order valence-electron chi connectivity index (χ1n) is 14.6. The summed E-state index contributed by atoms with van der Waals surface area (Å²) in [6.45, 7) is 3.62. The van der Waals surface area contributed by atoms with Gasteiger partial charge in [-0.05, 0) is 79.1 Å². The van der Waals surface area contributed by atoms with Crippen molar-refractivity contribution in [3.63, 3.8) is 0 Å². The number of amides is 2. The van der Waals surface area contributed by atoms with Crippen molar-refractivity contribution in [3.05, 3.63) is 119 Å². The van der Waals surface area contributed by atoms with Gasteiger partial charge >= 0.3 is 0 Å². The second-order valence-corrected chi connectivity index (χ2v) is 12.9. The summed E-state index contributed by atoms with van der Waals surface area (Å²) in [5.41, 5.74) is 0.893. The molecule has 11 heteroatoms. The molecule has 4 rings (SSSR count). The van der Waals surface area contributed by atoms with Crippen LogP contribution in [0.4, 0.5) is 5.69 Å². The van der Waals surface area contributed by atoms with E-state index in [1.54, 1.807) is 67.6 Å². The molecule has 8 nitrogen and oxygen atoms in total. The van der Waals surface area contributed by atoms with E-state index >= 15 is 0 Å². The maximum absolute atomic E-state index is 14.2. The third-order valence-electron chi connectivity index (χ3n) is 6.99. The molecule has 0 unspecified atom stereocenters. The summed E-state index contributed by atoms with van der Waals surface area (Å²) in [5, 5.41) is 3.52. The smallest absolute Gasteiger partial charge is 0.264 e. The highest BCUT2D eigenvalue weighted by Gasteiger charge is 2.33. The van der Waals surface area contributed by atoms with Crippen LogP contribution in [-0.4, -0.2) is 44.3 Å². The van der Waals surface area contributed by atoms with Gasteiger partial charge in [-0.2, -0.15) is 0 Å². The maximum Gasteiger partial charge on any atom is 0.264 e. The molecule has 0 heterocycles. The molecule has 1 atom stereocenters. The first-order chi connectivity index (χ1) is 21.6. The van der Waals surface area contributed by atoms with E-state index in [2.05, 4.69) is 5.32 Å². The molecule has 0 saturated heterocycles. The third kappa shape index (κ3) is 8.78. The fourth-order valence-corrected chi connectivity index (χ4v) is 6.43. The van der Waals surface area contributed by atoms with Crippen molar-refractivity contribution in [3.8, 4) is 11.5 Å². The number of anilines is 1. The lowest BCUT2D eigenvalue weighted by Gasteiger charge is -2.33. The van der Waals surface area contributed by atoms with Crippen molar-refractivity contribution in [1.82, 2.24) is 10.2 Å². The number of benzene rings is 4. The summed E-state index contributed by atoms with van der Waals surface area (Å²) in [4.78, 5) is 28.9. The SMILES string of the molecule is CCCNC(=O)[C@H](CC)N(Cc1ccc(Cl)c(Cl)c1)C(=O)CN(c1ccc(Oc2ccccc2)cc1)S(=O)(=O)c1ccccc1. The Morgan fingerprint density at radius 2 is 1.44 bits per heavy atom. The molecule has 1 N–H and O–H groups in total. The number of rotatable bonds is 14.